The molecule has 0 aliphatic rings. The predicted octanol–water partition coefficient (Wildman–Crippen LogP) is 6.17. The molecule has 9 heteroatoms. The van der Waals surface area contributed by atoms with Crippen molar-refractivity contribution in [2.75, 3.05) is 25.0 Å². The second-order valence-corrected chi connectivity index (χ2v) is 9.98. The number of pyridine rings is 1. The number of halogens is 1. The van der Waals surface area contributed by atoms with Crippen molar-refractivity contribution in [3.63, 3.8) is 0 Å². The minimum atomic E-state index is -0.431. The SMILES string of the molecule is CCN(CC)CC(O)Cn1ccc(-c2ccc3ncnc(Nc4ccc(OCc5ccccn5)c(Cl)c4)c3c2)c1. The van der Waals surface area contributed by atoms with Crippen molar-refractivity contribution in [3.05, 3.63) is 96.3 Å². The molecular weight excluding hydrogens is 524 g/mol. The summed E-state index contributed by atoms with van der Waals surface area (Å²) < 4.78 is 7.89. The minimum Gasteiger partial charge on any atom is -0.486 e. The molecule has 0 saturated heterocycles. The molecule has 0 aliphatic carbocycles. The number of rotatable bonds is 12. The molecule has 0 amide bonds. The molecule has 2 aromatic carbocycles. The van der Waals surface area contributed by atoms with Crippen molar-refractivity contribution in [3.8, 4) is 16.9 Å². The topological polar surface area (TPSA) is 88.3 Å². The van der Waals surface area contributed by atoms with E-state index in [9.17, 15) is 5.11 Å². The highest BCUT2D eigenvalue weighted by molar-refractivity contribution is 6.32. The molecule has 1 unspecified atom stereocenters. The summed E-state index contributed by atoms with van der Waals surface area (Å²) in [4.78, 5) is 15.5. The first-order valence-electron chi connectivity index (χ1n) is 13.4. The molecule has 0 saturated carbocycles. The van der Waals surface area contributed by atoms with Gasteiger partial charge in [0.1, 0.15) is 24.5 Å². The largest absolute Gasteiger partial charge is 0.486 e. The van der Waals surface area contributed by atoms with Gasteiger partial charge in [-0.25, -0.2) is 9.97 Å². The molecule has 3 heterocycles. The van der Waals surface area contributed by atoms with Crippen LogP contribution in [0.4, 0.5) is 11.5 Å². The van der Waals surface area contributed by atoms with Crippen molar-refractivity contribution in [1.82, 2.24) is 24.4 Å². The first-order chi connectivity index (χ1) is 19.5. The van der Waals surface area contributed by atoms with Gasteiger partial charge in [-0.1, -0.05) is 37.6 Å². The van der Waals surface area contributed by atoms with E-state index in [-0.39, 0.29) is 0 Å². The van der Waals surface area contributed by atoms with Crippen LogP contribution in [0.25, 0.3) is 22.0 Å². The highest BCUT2D eigenvalue weighted by Gasteiger charge is 2.12. The maximum Gasteiger partial charge on any atom is 0.141 e. The van der Waals surface area contributed by atoms with Gasteiger partial charge in [0.15, 0.2) is 0 Å². The zero-order valence-corrected chi connectivity index (χ0v) is 23.4. The number of aliphatic hydroxyl groups is 1. The quantitative estimate of drug-likeness (QED) is 0.190. The van der Waals surface area contributed by atoms with E-state index in [0.29, 0.717) is 36.3 Å². The lowest BCUT2D eigenvalue weighted by atomic mass is 10.1. The zero-order chi connectivity index (χ0) is 27.9. The molecule has 0 fully saturated rings. The van der Waals surface area contributed by atoms with Crippen molar-refractivity contribution in [2.45, 2.75) is 33.1 Å². The fraction of sp³-hybridized carbons (Fsp3) is 0.258. The second kappa shape index (κ2) is 12.9. The van der Waals surface area contributed by atoms with E-state index in [1.165, 1.54) is 0 Å². The first kappa shape index (κ1) is 27.6. The van der Waals surface area contributed by atoms with Crippen LogP contribution in [0.5, 0.6) is 5.75 Å². The van der Waals surface area contributed by atoms with Crippen LogP contribution in [0.2, 0.25) is 5.02 Å². The lowest BCUT2D eigenvalue weighted by molar-refractivity contribution is 0.103. The van der Waals surface area contributed by atoms with Gasteiger partial charge in [0.25, 0.3) is 0 Å². The summed E-state index contributed by atoms with van der Waals surface area (Å²) in [5, 5.41) is 15.3. The van der Waals surface area contributed by atoms with Crippen molar-refractivity contribution in [2.24, 2.45) is 0 Å². The van der Waals surface area contributed by atoms with Crippen LogP contribution < -0.4 is 10.1 Å². The average Bonchev–Trinajstić information content (AvgIpc) is 3.44. The molecule has 0 bridgehead atoms. The molecule has 0 radical (unpaired) electrons. The Balaban J connectivity index is 1.31. The lowest BCUT2D eigenvalue weighted by Gasteiger charge is -2.22. The van der Waals surface area contributed by atoms with Crippen LogP contribution in [-0.4, -0.2) is 55.3 Å². The summed E-state index contributed by atoms with van der Waals surface area (Å²) in [7, 11) is 0. The number of anilines is 2. The number of hydrogen-bond donors (Lipinski definition) is 2. The monoisotopic (exact) mass is 556 g/mol. The number of nitrogens with zero attached hydrogens (tertiary/aromatic N) is 5. The Labute approximate surface area is 239 Å². The Morgan fingerprint density at radius 2 is 1.88 bits per heavy atom. The van der Waals surface area contributed by atoms with Gasteiger partial charge >= 0.3 is 0 Å². The average molecular weight is 557 g/mol. The first-order valence-corrected chi connectivity index (χ1v) is 13.8. The number of aliphatic hydroxyl groups excluding tert-OH is 1. The fourth-order valence-corrected chi connectivity index (χ4v) is 4.84. The Bertz CT molecular complexity index is 1550. The Morgan fingerprint density at radius 1 is 1.00 bits per heavy atom. The normalized spacial score (nSPS) is 12.1. The minimum absolute atomic E-state index is 0.337. The van der Waals surface area contributed by atoms with E-state index < -0.39 is 6.10 Å². The van der Waals surface area contributed by atoms with Gasteiger partial charge in [-0.15, -0.1) is 0 Å². The molecule has 0 spiro atoms. The summed E-state index contributed by atoms with van der Waals surface area (Å²) in [6, 6.07) is 19.4. The zero-order valence-electron chi connectivity index (χ0n) is 22.7. The molecule has 2 N–H and O–H groups in total. The number of benzene rings is 2. The van der Waals surface area contributed by atoms with Crippen LogP contribution in [0.3, 0.4) is 0 Å². The lowest BCUT2D eigenvalue weighted by Crippen LogP contribution is -2.34. The number of nitrogens with one attached hydrogen (secondary N) is 1. The van der Waals surface area contributed by atoms with Gasteiger partial charge in [-0.3, -0.25) is 4.98 Å². The number of ether oxygens (including phenoxy) is 1. The van der Waals surface area contributed by atoms with Crippen molar-refractivity contribution >= 4 is 34.0 Å². The van der Waals surface area contributed by atoms with Crippen LogP contribution >= 0.6 is 11.6 Å². The summed E-state index contributed by atoms with van der Waals surface area (Å²) in [5.41, 5.74) is 4.55. The van der Waals surface area contributed by atoms with E-state index in [1.54, 1.807) is 12.5 Å². The van der Waals surface area contributed by atoms with Crippen LogP contribution in [0.1, 0.15) is 19.5 Å². The summed E-state index contributed by atoms with van der Waals surface area (Å²) >= 11 is 6.53. The van der Waals surface area contributed by atoms with Gasteiger partial charge in [0, 0.05) is 42.8 Å². The van der Waals surface area contributed by atoms with E-state index in [1.807, 2.05) is 53.2 Å². The summed E-state index contributed by atoms with van der Waals surface area (Å²) in [5.74, 6) is 1.26. The number of hydrogen-bond acceptors (Lipinski definition) is 7. The standard InChI is InChI=1S/C31H33ClN6O2/c1-3-37(4-2)18-26(39)19-38-14-12-23(17-38)22-8-10-29-27(15-22)31(35-21-34-29)36-24-9-11-30(28(32)16-24)40-20-25-7-5-6-13-33-25/h5-17,21,26,39H,3-4,18-20H2,1-2H3,(H,34,35,36). The molecule has 5 aromatic rings. The Morgan fingerprint density at radius 3 is 2.65 bits per heavy atom. The summed E-state index contributed by atoms with van der Waals surface area (Å²) in [6.07, 6.45) is 6.92. The van der Waals surface area contributed by atoms with Gasteiger partial charge in [-0.05, 0) is 72.7 Å². The third-order valence-corrected chi connectivity index (χ3v) is 7.10. The fourth-order valence-electron chi connectivity index (χ4n) is 4.61. The molecule has 3 aromatic heterocycles. The molecule has 40 heavy (non-hydrogen) atoms. The molecular formula is C31H33ClN6O2. The second-order valence-electron chi connectivity index (χ2n) is 9.57. The van der Waals surface area contributed by atoms with Gasteiger partial charge in [-0.2, -0.15) is 0 Å². The van der Waals surface area contributed by atoms with Gasteiger partial charge < -0.3 is 24.6 Å². The van der Waals surface area contributed by atoms with E-state index >= 15 is 0 Å². The third-order valence-electron chi connectivity index (χ3n) is 6.80. The highest BCUT2D eigenvalue weighted by Crippen LogP contribution is 2.32. The molecule has 5 rings (SSSR count). The van der Waals surface area contributed by atoms with Gasteiger partial charge in [0.2, 0.25) is 0 Å². The number of aromatic nitrogens is 4. The maximum absolute atomic E-state index is 10.5. The molecule has 0 aliphatic heterocycles. The van der Waals surface area contributed by atoms with Crippen LogP contribution in [0.15, 0.2) is 85.6 Å². The van der Waals surface area contributed by atoms with E-state index in [2.05, 4.69) is 63.4 Å². The predicted molar refractivity (Wildman–Crippen MR) is 160 cm³/mol. The third kappa shape index (κ3) is 6.77. The summed E-state index contributed by atoms with van der Waals surface area (Å²) in [6.45, 7) is 7.61. The van der Waals surface area contributed by atoms with Gasteiger partial charge in [0.05, 0.1) is 22.3 Å². The Hall–Kier alpha value is -3.98. The van der Waals surface area contributed by atoms with E-state index in [0.717, 1.165) is 46.5 Å². The smallest absolute Gasteiger partial charge is 0.141 e. The van der Waals surface area contributed by atoms with Crippen molar-refractivity contribution in [1.29, 1.82) is 0 Å². The molecule has 8 nitrogen and oxygen atoms in total. The highest BCUT2D eigenvalue weighted by atomic mass is 35.5. The van der Waals surface area contributed by atoms with Crippen LogP contribution in [-0.2, 0) is 13.2 Å². The number of fused-ring (bicyclic) bond motifs is 1. The number of likely N-dealkylation sites (N-methyl/N-ethyl adjacent to an activating group) is 1. The molecule has 206 valence electrons. The van der Waals surface area contributed by atoms with E-state index in [4.69, 9.17) is 16.3 Å². The van der Waals surface area contributed by atoms with Crippen LogP contribution in [0, 0.1) is 0 Å². The molecule has 1 atom stereocenters. The Kier molecular flexibility index (Phi) is 8.91. The van der Waals surface area contributed by atoms with Crippen molar-refractivity contribution < 1.29 is 9.84 Å². The maximum atomic E-state index is 10.5.